The summed E-state index contributed by atoms with van der Waals surface area (Å²) in [4.78, 5) is 17.4. The molecular formula is C17H17ClN2O. The molecule has 4 rings (SSSR count). The maximum absolute atomic E-state index is 11.8. The number of carbonyl (C=O) groups is 1. The van der Waals surface area contributed by atoms with Gasteiger partial charge in [-0.15, -0.1) is 0 Å². The Bertz CT molecular complexity index is 789. The van der Waals surface area contributed by atoms with Gasteiger partial charge in [-0.2, -0.15) is 0 Å². The maximum Gasteiger partial charge on any atom is 0.137 e. The van der Waals surface area contributed by atoms with Crippen molar-refractivity contribution in [3.8, 4) is 0 Å². The molecule has 1 aliphatic heterocycles. The number of benzene rings is 1. The average molecular weight is 301 g/mol. The van der Waals surface area contributed by atoms with Crippen molar-refractivity contribution in [1.82, 2.24) is 9.88 Å². The number of likely N-dealkylation sites (N-methyl/N-ethyl adjacent to an activating group) is 1. The minimum absolute atomic E-state index is 0.0178. The Kier molecular flexibility index (Phi) is 2.78. The Morgan fingerprint density at radius 1 is 1.43 bits per heavy atom. The van der Waals surface area contributed by atoms with Gasteiger partial charge in [-0.25, -0.2) is 0 Å². The Balaban J connectivity index is 1.98. The summed E-state index contributed by atoms with van der Waals surface area (Å²) < 4.78 is 0. The van der Waals surface area contributed by atoms with Crippen LogP contribution in [0.25, 0.3) is 16.5 Å². The second kappa shape index (κ2) is 4.46. The van der Waals surface area contributed by atoms with Gasteiger partial charge in [0.25, 0.3) is 0 Å². The summed E-state index contributed by atoms with van der Waals surface area (Å²) in [5.41, 5.74) is 4.86. The highest BCUT2D eigenvalue weighted by atomic mass is 35.5. The summed E-state index contributed by atoms with van der Waals surface area (Å²) in [5.74, 6) is 0.210. The van der Waals surface area contributed by atoms with Crippen LogP contribution >= 0.6 is 11.6 Å². The molecule has 1 aromatic carbocycles. The highest BCUT2D eigenvalue weighted by molar-refractivity contribution is 6.31. The molecule has 1 N–H and O–H groups in total. The first-order valence-electron chi connectivity index (χ1n) is 7.27. The lowest BCUT2D eigenvalue weighted by molar-refractivity contribution is -0.120. The third-order valence-electron chi connectivity index (χ3n) is 4.83. The van der Waals surface area contributed by atoms with Crippen molar-refractivity contribution in [3.05, 3.63) is 40.6 Å². The molecule has 4 heteroatoms. The van der Waals surface area contributed by atoms with Gasteiger partial charge in [-0.1, -0.05) is 17.7 Å². The predicted octanol–water partition coefficient (Wildman–Crippen LogP) is 3.28. The van der Waals surface area contributed by atoms with Gasteiger partial charge < -0.3 is 4.98 Å². The Morgan fingerprint density at radius 3 is 3.00 bits per heavy atom. The van der Waals surface area contributed by atoms with Crippen LogP contribution in [-0.2, 0) is 11.2 Å². The molecule has 0 amide bonds. The lowest BCUT2D eigenvalue weighted by Gasteiger charge is -2.39. The van der Waals surface area contributed by atoms with E-state index in [0.29, 0.717) is 6.04 Å². The van der Waals surface area contributed by atoms with Crippen molar-refractivity contribution in [1.29, 1.82) is 0 Å². The first-order valence-corrected chi connectivity index (χ1v) is 7.64. The molecule has 0 fully saturated rings. The number of nitrogens with one attached hydrogen (secondary N) is 1. The van der Waals surface area contributed by atoms with Gasteiger partial charge in [-0.05, 0) is 49.2 Å². The molecule has 3 nitrogen and oxygen atoms in total. The number of aromatic amines is 1. The Morgan fingerprint density at radius 2 is 2.24 bits per heavy atom. The van der Waals surface area contributed by atoms with E-state index in [4.69, 9.17) is 11.6 Å². The number of rotatable bonds is 1. The minimum atomic E-state index is -0.0178. The smallest absolute Gasteiger partial charge is 0.137 e. The fraction of sp³-hybridized carbons (Fsp3) is 0.353. The van der Waals surface area contributed by atoms with Crippen molar-refractivity contribution in [2.24, 2.45) is 5.92 Å². The minimum Gasteiger partial charge on any atom is -0.361 e. The molecule has 2 aromatic rings. The van der Waals surface area contributed by atoms with E-state index in [-0.39, 0.29) is 11.7 Å². The quantitative estimate of drug-likeness (QED) is 0.877. The van der Waals surface area contributed by atoms with Gasteiger partial charge >= 0.3 is 0 Å². The molecular weight excluding hydrogens is 284 g/mol. The molecule has 108 valence electrons. The van der Waals surface area contributed by atoms with Crippen molar-refractivity contribution < 1.29 is 4.79 Å². The van der Waals surface area contributed by atoms with Crippen LogP contribution < -0.4 is 0 Å². The number of fused-ring (bicyclic) bond motifs is 2. The number of ketones is 1. The molecule has 2 aliphatic rings. The van der Waals surface area contributed by atoms with Gasteiger partial charge in [0.15, 0.2) is 0 Å². The normalized spacial score (nSPS) is 24.8. The number of nitrogens with zero attached hydrogens (tertiary/aromatic N) is 1. The van der Waals surface area contributed by atoms with Gasteiger partial charge in [0.2, 0.25) is 0 Å². The molecule has 2 atom stereocenters. The topological polar surface area (TPSA) is 36.1 Å². The fourth-order valence-corrected chi connectivity index (χ4v) is 3.96. The van der Waals surface area contributed by atoms with E-state index in [1.54, 1.807) is 6.92 Å². The molecule has 0 radical (unpaired) electrons. The van der Waals surface area contributed by atoms with Crippen LogP contribution in [0.5, 0.6) is 0 Å². The van der Waals surface area contributed by atoms with Crippen LogP contribution in [0.4, 0.5) is 0 Å². The monoisotopic (exact) mass is 300 g/mol. The highest BCUT2D eigenvalue weighted by Crippen LogP contribution is 2.42. The molecule has 0 bridgehead atoms. The summed E-state index contributed by atoms with van der Waals surface area (Å²) in [6.07, 6.45) is 5.24. The van der Waals surface area contributed by atoms with E-state index in [9.17, 15) is 4.79 Å². The summed E-state index contributed by atoms with van der Waals surface area (Å²) >= 11 is 6.27. The number of aromatic nitrogens is 1. The third-order valence-corrected chi connectivity index (χ3v) is 5.05. The number of H-pyrrole nitrogens is 1. The maximum atomic E-state index is 11.8. The number of hydrogen-bond acceptors (Lipinski definition) is 2. The predicted molar refractivity (Wildman–Crippen MR) is 85.6 cm³/mol. The molecule has 0 saturated carbocycles. The summed E-state index contributed by atoms with van der Waals surface area (Å²) in [6.45, 7) is 2.47. The molecule has 0 spiro atoms. The Hall–Kier alpha value is -1.58. The molecule has 21 heavy (non-hydrogen) atoms. The van der Waals surface area contributed by atoms with Crippen molar-refractivity contribution in [2.75, 3.05) is 13.6 Å². The fourth-order valence-electron chi connectivity index (χ4n) is 3.74. The van der Waals surface area contributed by atoms with Crippen LogP contribution in [-0.4, -0.2) is 35.3 Å². The van der Waals surface area contributed by atoms with Crippen LogP contribution in [0.2, 0.25) is 5.02 Å². The Labute approximate surface area is 128 Å². The zero-order valence-electron chi connectivity index (χ0n) is 12.1. The lowest BCUT2D eigenvalue weighted by atomic mass is 9.79. The first kappa shape index (κ1) is 13.1. The highest BCUT2D eigenvalue weighted by Gasteiger charge is 2.34. The second-order valence-corrected chi connectivity index (χ2v) is 6.62. The van der Waals surface area contributed by atoms with Crippen LogP contribution in [0.1, 0.15) is 18.1 Å². The van der Waals surface area contributed by atoms with Crippen LogP contribution in [0.3, 0.4) is 0 Å². The molecule has 2 heterocycles. The van der Waals surface area contributed by atoms with E-state index in [1.807, 2.05) is 12.1 Å². The van der Waals surface area contributed by atoms with E-state index in [2.05, 4.69) is 29.2 Å². The van der Waals surface area contributed by atoms with Gasteiger partial charge in [0.1, 0.15) is 5.78 Å². The zero-order valence-corrected chi connectivity index (χ0v) is 12.9. The number of halogens is 1. The van der Waals surface area contributed by atoms with E-state index < -0.39 is 0 Å². The van der Waals surface area contributed by atoms with Gasteiger partial charge in [-0.3, -0.25) is 9.69 Å². The van der Waals surface area contributed by atoms with Crippen molar-refractivity contribution in [3.63, 3.8) is 0 Å². The largest absolute Gasteiger partial charge is 0.361 e. The average Bonchev–Trinajstić information content (AvgIpc) is 2.83. The summed E-state index contributed by atoms with van der Waals surface area (Å²) in [6, 6.07) is 4.35. The van der Waals surface area contributed by atoms with Crippen LogP contribution in [0, 0.1) is 5.92 Å². The molecule has 0 saturated heterocycles. The second-order valence-electron chi connectivity index (χ2n) is 6.19. The van der Waals surface area contributed by atoms with Gasteiger partial charge in [0, 0.05) is 40.6 Å². The zero-order chi connectivity index (χ0) is 14.7. The number of Topliss-reactive ketones (excluding diaryl/α,β-unsaturated/α-hetero) is 1. The first-order chi connectivity index (χ1) is 10.0. The number of carbonyl (C=O) groups excluding carboxylic acids is 1. The summed E-state index contributed by atoms with van der Waals surface area (Å²) in [7, 11) is 2.10. The van der Waals surface area contributed by atoms with Crippen molar-refractivity contribution in [2.45, 2.75) is 19.4 Å². The summed E-state index contributed by atoms with van der Waals surface area (Å²) in [5, 5.41) is 2.00. The number of hydrogen-bond donors (Lipinski definition) is 1. The van der Waals surface area contributed by atoms with Gasteiger partial charge in [0.05, 0.1) is 0 Å². The van der Waals surface area contributed by atoms with Crippen molar-refractivity contribution >= 4 is 33.9 Å². The standard InChI is InChI=1S/C17H17ClN2O/c1-9(21)11-3-13-14-5-12(18)6-15-17(14)10(7-19-15)4-16(13)20(2)8-11/h3,5-7,11,16,19H,4,8H2,1-2H3/t11-,16-/m1/s1. The molecule has 1 aliphatic carbocycles. The van der Waals surface area contributed by atoms with E-state index in [0.717, 1.165) is 23.5 Å². The molecule has 1 aromatic heterocycles. The van der Waals surface area contributed by atoms with E-state index in [1.165, 1.54) is 22.1 Å². The molecule has 0 unspecified atom stereocenters. The third kappa shape index (κ3) is 1.88. The SMILES string of the molecule is CC(=O)[C@@H]1C=C2c3cc(Cl)cc4[nH]cc(c34)C[C@H]2N(C)C1. The van der Waals surface area contributed by atoms with Crippen LogP contribution in [0.15, 0.2) is 24.4 Å². The van der Waals surface area contributed by atoms with E-state index >= 15 is 0 Å². The lowest BCUT2D eigenvalue weighted by Crippen LogP contribution is -2.43.